The summed E-state index contributed by atoms with van der Waals surface area (Å²) in [6.45, 7) is 6.00. The number of ether oxygens (including phenoxy) is 1. The van der Waals surface area contributed by atoms with E-state index in [0.29, 0.717) is 17.7 Å². The van der Waals surface area contributed by atoms with Crippen molar-refractivity contribution < 1.29 is 14.3 Å². The summed E-state index contributed by atoms with van der Waals surface area (Å²) >= 11 is 0. The summed E-state index contributed by atoms with van der Waals surface area (Å²) in [5, 5.41) is 13.4. The van der Waals surface area contributed by atoms with Gasteiger partial charge in [0.05, 0.1) is 24.5 Å². The van der Waals surface area contributed by atoms with Crippen molar-refractivity contribution in [2.45, 2.75) is 26.7 Å². The van der Waals surface area contributed by atoms with Gasteiger partial charge in [0.25, 0.3) is 5.91 Å². The largest absolute Gasteiger partial charge is 0.462 e. The summed E-state index contributed by atoms with van der Waals surface area (Å²) < 4.78 is 7.05. The van der Waals surface area contributed by atoms with E-state index < -0.39 is 11.8 Å². The highest BCUT2D eigenvalue weighted by Gasteiger charge is 2.19. The van der Waals surface area contributed by atoms with Crippen LogP contribution in [0.4, 0.5) is 0 Å². The first-order valence-corrected chi connectivity index (χ1v) is 10.2. The van der Waals surface area contributed by atoms with Gasteiger partial charge in [-0.3, -0.25) is 4.79 Å². The van der Waals surface area contributed by atoms with Crippen LogP contribution in [0.5, 0.6) is 0 Å². The first-order valence-electron chi connectivity index (χ1n) is 10.2. The normalized spacial score (nSPS) is 11.7. The third kappa shape index (κ3) is 4.93. The predicted octanol–water partition coefficient (Wildman–Crippen LogP) is 4.03. The highest BCUT2D eigenvalue weighted by atomic mass is 16.5. The molecular formula is C25H24N4O3. The summed E-state index contributed by atoms with van der Waals surface area (Å²) in [7, 11) is 0. The van der Waals surface area contributed by atoms with Gasteiger partial charge in [-0.1, -0.05) is 30.3 Å². The number of carbonyl (C=O) groups is 2. The smallest absolute Gasteiger partial charge is 0.338 e. The molecule has 0 fully saturated rings. The van der Waals surface area contributed by atoms with Gasteiger partial charge in [0.2, 0.25) is 0 Å². The molecule has 2 aromatic carbocycles. The van der Waals surface area contributed by atoms with E-state index in [1.54, 1.807) is 49.5 Å². The summed E-state index contributed by atoms with van der Waals surface area (Å²) in [4.78, 5) is 24.2. The van der Waals surface area contributed by atoms with Crippen LogP contribution in [0.1, 0.15) is 45.7 Å². The number of hydrogen-bond acceptors (Lipinski definition) is 5. The van der Waals surface area contributed by atoms with Crippen LogP contribution in [0.3, 0.4) is 0 Å². The van der Waals surface area contributed by atoms with Crippen molar-refractivity contribution in [1.29, 1.82) is 5.26 Å². The van der Waals surface area contributed by atoms with E-state index in [1.165, 1.54) is 0 Å². The zero-order valence-electron chi connectivity index (χ0n) is 18.2. The van der Waals surface area contributed by atoms with Crippen LogP contribution in [0.2, 0.25) is 0 Å². The molecule has 3 aromatic rings. The molecule has 0 aliphatic heterocycles. The van der Waals surface area contributed by atoms with E-state index in [9.17, 15) is 14.9 Å². The lowest BCUT2D eigenvalue weighted by atomic mass is 10.0. The zero-order chi connectivity index (χ0) is 23.1. The molecule has 0 saturated carbocycles. The molecule has 1 heterocycles. The average molecular weight is 428 g/mol. The Hall–Kier alpha value is -4.18. The average Bonchev–Trinajstić information content (AvgIpc) is 3.08. The Morgan fingerprint density at radius 2 is 1.84 bits per heavy atom. The lowest BCUT2D eigenvalue weighted by Crippen LogP contribution is -2.24. The molecule has 0 spiro atoms. The van der Waals surface area contributed by atoms with Gasteiger partial charge in [-0.15, -0.1) is 0 Å². The van der Waals surface area contributed by atoms with Crippen molar-refractivity contribution in [1.82, 2.24) is 9.99 Å². The lowest BCUT2D eigenvalue weighted by molar-refractivity contribution is -0.121. The van der Waals surface area contributed by atoms with E-state index in [-0.39, 0.29) is 5.97 Å². The maximum Gasteiger partial charge on any atom is 0.338 e. The van der Waals surface area contributed by atoms with Crippen LogP contribution < -0.4 is 5.43 Å². The molecule has 7 nitrogen and oxygen atoms in total. The van der Waals surface area contributed by atoms with Crippen LogP contribution in [0.15, 0.2) is 65.8 Å². The number of hydrazone groups is 1. The Labute approximate surface area is 186 Å². The first-order chi connectivity index (χ1) is 15.5. The van der Waals surface area contributed by atoms with Gasteiger partial charge in [-0.2, -0.15) is 10.4 Å². The number of nitrogens with zero attached hydrogens (tertiary/aromatic N) is 3. The fourth-order valence-electron chi connectivity index (χ4n) is 3.44. The van der Waals surface area contributed by atoms with Gasteiger partial charge < -0.3 is 9.30 Å². The maximum absolute atomic E-state index is 12.4. The second kappa shape index (κ2) is 10.2. The molecule has 0 radical (unpaired) electrons. The number of nitrogens with one attached hydrogen (secondary N) is 1. The Kier molecular flexibility index (Phi) is 7.19. The molecule has 162 valence electrons. The molecule has 7 heteroatoms. The summed E-state index contributed by atoms with van der Waals surface area (Å²) in [5.41, 5.74) is 7.18. The summed E-state index contributed by atoms with van der Waals surface area (Å²) in [6.07, 6.45) is 1.56. The Morgan fingerprint density at radius 3 is 2.47 bits per heavy atom. The molecule has 32 heavy (non-hydrogen) atoms. The van der Waals surface area contributed by atoms with Gasteiger partial charge in [0.1, 0.15) is 0 Å². The fraction of sp³-hybridized carbons (Fsp3) is 0.200. The van der Waals surface area contributed by atoms with Crippen LogP contribution >= 0.6 is 0 Å². The Morgan fingerprint density at radius 1 is 1.16 bits per heavy atom. The first kappa shape index (κ1) is 22.5. The van der Waals surface area contributed by atoms with Crippen molar-refractivity contribution >= 4 is 18.1 Å². The van der Waals surface area contributed by atoms with Crippen LogP contribution in [0.25, 0.3) is 5.69 Å². The Bertz CT molecular complexity index is 1170. The van der Waals surface area contributed by atoms with E-state index in [4.69, 9.17) is 4.74 Å². The number of carbonyl (C=O) groups excluding carboxylic acids is 2. The predicted molar refractivity (Wildman–Crippen MR) is 122 cm³/mol. The summed E-state index contributed by atoms with van der Waals surface area (Å²) in [6, 6.07) is 20.0. The number of aryl methyl sites for hydroxylation is 1. The number of esters is 1. The number of aromatic nitrogens is 1. The number of amides is 1. The van der Waals surface area contributed by atoms with Gasteiger partial charge >= 0.3 is 5.97 Å². The summed E-state index contributed by atoms with van der Waals surface area (Å²) in [5.74, 6) is -1.77. The maximum atomic E-state index is 12.4. The molecule has 1 N–H and O–H groups in total. The SMILES string of the molecule is CCOC(=O)c1ccc(-n2c(C)cc(/C=N\NC(=O)[C@@H](C#N)c3ccccc3)c2C)cc1. The molecule has 1 atom stereocenters. The van der Waals surface area contributed by atoms with E-state index in [1.807, 2.05) is 48.7 Å². The molecule has 0 aliphatic carbocycles. The number of benzene rings is 2. The quantitative estimate of drug-likeness (QED) is 0.349. The zero-order valence-corrected chi connectivity index (χ0v) is 18.2. The molecule has 0 aliphatic rings. The number of rotatable bonds is 7. The highest BCUT2D eigenvalue weighted by Crippen LogP contribution is 2.21. The van der Waals surface area contributed by atoms with Crippen molar-refractivity contribution in [3.8, 4) is 11.8 Å². The fourth-order valence-corrected chi connectivity index (χ4v) is 3.44. The molecule has 0 unspecified atom stereocenters. The van der Waals surface area contributed by atoms with Crippen molar-refractivity contribution in [2.24, 2.45) is 5.10 Å². The van der Waals surface area contributed by atoms with Gasteiger partial charge in [0, 0.05) is 22.6 Å². The molecule has 3 rings (SSSR count). The minimum absolute atomic E-state index is 0.329. The minimum atomic E-state index is -0.932. The Balaban J connectivity index is 1.75. The van der Waals surface area contributed by atoms with Crippen molar-refractivity contribution in [3.05, 3.63) is 88.7 Å². The van der Waals surface area contributed by atoms with Crippen LogP contribution in [-0.2, 0) is 9.53 Å². The van der Waals surface area contributed by atoms with E-state index >= 15 is 0 Å². The topological polar surface area (TPSA) is 96.5 Å². The molecule has 1 amide bonds. The standard InChI is InChI=1S/C25H24N4O3/c1-4-32-25(31)20-10-12-22(13-11-20)29-17(2)14-21(18(29)3)16-27-28-24(30)23(15-26)19-8-6-5-7-9-19/h5-14,16,23H,4H2,1-3H3,(H,28,30)/b27-16-/t23-/m0/s1. The van der Waals surface area contributed by atoms with Crippen LogP contribution in [-0.4, -0.2) is 29.3 Å². The third-order valence-corrected chi connectivity index (χ3v) is 5.01. The van der Waals surface area contributed by atoms with Gasteiger partial charge in [0.15, 0.2) is 5.92 Å². The minimum Gasteiger partial charge on any atom is -0.462 e. The molecule has 0 bridgehead atoms. The van der Waals surface area contributed by atoms with Crippen molar-refractivity contribution in [2.75, 3.05) is 6.61 Å². The number of hydrogen-bond donors (Lipinski definition) is 1. The highest BCUT2D eigenvalue weighted by molar-refractivity contribution is 5.90. The molecule has 1 aromatic heterocycles. The van der Waals surface area contributed by atoms with Gasteiger partial charge in [-0.05, 0) is 56.7 Å². The van der Waals surface area contributed by atoms with E-state index in [0.717, 1.165) is 22.6 Å². The monoisotopic (exact) mass is 428 g/mol. The molecular weight excluding hydrogens is 404 g/mol. The van der Waals surface area contributed by atoms with E-state index in [2.05, 4.69) is 10.5 Å². The second-order valence-electron chi connectivity index (χ2n) is 7.14. The lowest BCUT2D eigenvalue weighted by Gasteiger charge is -2.10. The van der Waals surface area contributed by atoms with Gasteiger partial charge in [-0.25, -0.2) is 10.2 Å². The van der Waals surface area contributed by atoms with Crippen molar-refractivity contribution in [3.63, 3.8) is 0 Å². The molecule has 0 saturated heterocycles. The van der Waals surface area contributed by atoms with Crippen LogP contribution in [0, 0.1) is 25.2 Å². The second-order valence-corrected chi connectivity index (χ2v) is 7.14. The number of nitriles is 1. The third-order valence-electron chi connectivity index (χ3n) is 5.01.